The van der Waals surface area contributed by atoms with Crippen molar-refractivity contribution in [3.63, 3.8) is 0 Å². The van der Waals surface area contributed by atoms with E-state index in [1.54, 1.807) is 6.20 Å². The van der Waals surface area contributed by atoms with E-state index >= 15 is 0 Å². The smallest absolute Gasteiger partial charge is 0.0844 e. The molecule has 0 spiro atoms. The van der Waals surface area contributed by atoms with Crippen LogP contribution >= 0.6 is 0 Å². The summed E-state index contributed by atoms with van der Waals surface area (Å²) in [7, 11) is 0. The molecule has 98 valence electrons. The molecule has 2 bridgehead atoms. The summed E-state index contributed by atoms with van der Waals surface area (Å²) in [5.41, 5.74) is 1.96. The van der Waals surface area contributed by atoms with Crippen LogP contribution in [-0.4, -0.2) is 22.3 Å². The average molecular weight is 255 g/mol. The van der Waals surface area contributed by atoms with E-state index in [4.69, 9.17) is 4.74 Å². The highest BCUT2D eigenvalue weighted by atomic mass is 16.5. The fourth-order valence-electron chi connectivity index (χ4n) is 3.53. The van der Waals surface area contributed by atoms with E-state index in [9.17, 15) is 5.11 Å². The Morgan fingerprint density at radius 2 is 2.21 bits per heavy atom. The Bertz CT molecular complexity index is 612. The van der Waals surface area contributed by atoms with Crippen LogP contribution in [0.2, 0.25) is 0 Å². The lowest BCUT2D eigenvalue weighted by Crippen LogP contribution is -2.23. The van der Waals surface area contributed by atoms with E-state index in [0.717, 1.165) is 35.7 Å². The number of aliphatic hydroxyl groups is 1. The van der Waals surface area contributed by atoms with Crippen molar-refractivity contribution >= 4 is 10.9 Å². The predicted octanol–water partition coefficient (Wildman–Crippen LogP) is 2.84. The number of pyridine rings is 1. The average Bonchev–Trinajstić information content (AvgIpc) is 3.08. The highest BCUT2D eigenvalue weighted by Gasteiger charge is 2.44. The van der Waals surface area contributed by atoms with E-state index < -0.39 is 6.10 Å². The van der Waals surface area contributed by atoms with Gasteiger partial charge in [0, 0.05) is 17.5 Å². The van der Waals surface area contributed by atoms with E-state index in [1.165, 1.54) is 0 Å². The summed E-state index contributed by atoms with van der Waals surface area (Å²) in [6.45, 7) is 0. The molecule has 2 aromatic rings. The molecule has 4 unspecified atom stereocenters. The third-order valence-corrected chi connectivity index (χ3v) is 4.53. The van der Waals surface area contributed by atoms with Gasteiger partial charge >= 0.3 is 0 Å². The summed E-state index contributed by atoms with van der Waals surface area (Å²) < 4.78 is 5.84. The van der Waals surface area contributed by atoms with Gasteiger partial charge in [0.1, 0.15) is 0 Å². The van der Waals surface area contributed by atoms with Crippen molar-refractivity contribution in [2.45, 2.75) is 37.6 Å². The van der Waals surface area contributed by atoms with Crippen LogP contribution in [0.5, 0.6) is 0 Å². The second kappa shape index (κ2) is 4.29. The van der Waals surface area contributed by atoms with Crippen LogP contribution in [0.15, 0.2) is 36.5 Å². The maximum atomic E-state index is 10.6. The normalized spacial score (nSPS) is 30.9. The van der Waals surface area contributed by atoms with Gasteiger partial charge in [0.25, 0.3) is 0 Å². The van der Waals surface area contributed by atoms with Gasteiger partial charge in [-0.15, -0.1) is 0 Å². The Morgan fingerprint density at radius 3 is 3.00 bits per heavy atom. The zero-order chi connectivity index (χ0) is 12.8. The van der Waals surface area contributed by atoms with E-state index in [0.29, 0.717) is 6.10 Å². The van der Waals surface area contributed by atoms with Gasteiger partial charge in [-0.3, -0.25) is 4.98 Å². The SMILES string of the molecule is OC(c1ccc2ncccc2c1)C1CC2CCC1O2. The van der Waals surface area contributed by atoms with Crippen LogP contribution in [-0.2, 0) is 4.74 Å². The number of rotatable bonds is 2. The first-order valence-corrected chi connectivity index (χ1v) is 6.99. The summed E-state index contributed by atoms with van der Waals surface area (Å²) in [5, 5.41) is 11.7. The van der Waals surface area contributed by atoms with Crippen molar-refractivity contribution < 1.29 is 9.84 Å². The van der Waals surface area contributed by atoms with Gasteiger partial charge in [0.05, 0.1) is 23.8 Å². The summed E-state index contributed by atoms with van der Waals surface area (Å²) in [6.07, 6.45) is 5.27. The van der Waals surface area contributed by atoms with Crippen LogP contribution < -0.4 is 0 Å². The number of ether oxygens (including phenoxy) is 1. The molecule has 1 N–H and O–H groups in total. The van der Waals surface area contributed by atoms with Crippen LogP contribution in [0.3, 0.4) is 0 Å². The minimum atomic E-state index is -0.417. The number of fused-ring (bicyclic) bond motifs is 3. The number of aliphatic hydroxyl groups excluding tert-OH is 1. The Balaban J connectivity index is 1.66. The molecule has 4 rings (SSSR count). The number of benzene rings is 1. The summed E-state index contributed by atoms with van der Waals surface area (Å²) >= 11 is 0. The van der Waals surface area contributed by atoms with Crippen molar-refractivity contribution in [1.82, 2.24) is 4.98 Å². The fourth-order valence-corrected chi connectivity index (χ4v) is 3.53. The van der Waals surface area contributed by atoms with Gasteiger partial charge in [-0.25, -0.2) is 0 Å². The van der Waals surface area contributed by atoms with E-state index in [2.05, 4.69) is 11.1 Å². The molecular weight excluding hydrogens is 238 g/mol. The number of hydrogen-bond donors (Lipinski definition) is 1. The zero-order valence-corrected chi connectivity index (χ0v) is 10.7. The lowest BCUT2D eigenvalue weighted by Gasteiger charge is -2.24. The van der Waals surface area contributed by atoms with Gasteiger partial charge < -0.3 is 9.84 Å². The summed E-state index contributed by atoms with van der Waals surface area (Å²) in [6, 6.07) is 10.0. The second-order valence-electron chi connectivity index (χ2n) is 5.67. The molecule has 2 fully saturated rings. The van der Waals surface area contributed by atoms with Gasteiger partial charge in [0.15, 0.2) is 0 Å². The maximum Gasteiger partial charge on any atom is 0.0844 e. The van der Waals surface area contributed by atoms with Gasteiger partial charge in [-0.2, -0.15) is 0 Å². The van der Waals surface area contributed by atoms with E-state index in [1.807, 2.05) is 24.3 Å². The first-order chi connectivity index (χ1) is 9.31. The van der Waals surface area contributed by atoms with Crippen LogP contribution in [0.4, 0.5) is 0 Å². The number of aromatic nitrogens is 1. The number of hydrogen-bond acceptors (Lipinski definition) is 3. The molecule has 0 saturated carbocycles. The third-order valence-electron chi connectivity index (χ3n) is 4.53. The monoisotopic (exact) mass is 255 g/mol. The molecule has 1 aromatic heterocycles. The molecule has 3 heterocycles. The second-order valence-corrected chi connectivity index (χ2v) is 5.67. The van der Waals surface area contributed by atoms with E-state index in [-0.39, 0.29) is 12.0 Å². The highest BCUT2D eigenvalue weighted by Crippen LogP contribution is 2.44. The Labute approximate surface area is 112 Å². The first kappa shape index (κ1) is 11.4. The Morgan fingerprint density at radius 1 is 1.26 bits per heavy atom. The fraction of sp³-hybridized carbons (Fsp3) is 0.438. The largest absolute Gasteiger partial charge is 0.388 e. The zero-order valence-electron chi connectivity index (χ0n) is 10.7. The van der Waals surface area contributed by atoms with Crippen molar-refractivity contribution in [1.29, 1.82) is 0 Å². The van der Waals surface area contributed by atoms with Crippen LogP contribution in [0, 0.1) is 5.92 Å². The minimum Gasteiger partial charge on any atom is -0.388 e. The van der Waals surface area contributed by atoms with Crippen LogP contribution in [0.1, 0.15) is 30.9 Å². The summed E-state index contributed by atoms with van der Waals surface area (Å²) in [5.74, 6) is 0.257. The van der Waals surface area contributed by atoms with Crippen molar-refractivity contribution in [3.05, 3.63) is 42.1 Å². The van der Waals surface area contributed by atoms with Gasteiger partial charge in [-0.1, -0.05) is 12.1 Å². The topological polar surface area (TPSA) is 42.4 Å². The lowest BCUT2D eigenvalue weighted by atomic mass is 9.82. The third kappa shape index (κ3) is 1.85. The standard InChI is InChI=1S/C16H17NO2/c18-16(13-9-12-4-6-15(13)19-12)11-3-5-14-10(8-11)2-1-7-17-14/h1-3,5,7-8,12-13,15-16,18H,4,6,9H2. The molecular formula is C16H17NO2. The first-order valence-electron chi connectivity index (χ1n) is 6.99. The molecule has 2 aliphatic rings. The molecule has 3 nitrogen and oxygen atoms in total. The molecule has 2 saturated heterocycles. The molecule has 4 atom stereocenters. The van der Waals surface area contributed by atoms with Gasteiger partial charge in [0.2, 0.25) is 0 Å². The lowest BCUT2D eigenvalue weighted by molar-refractivity contribution is 0.0423. The quantitative estimate of drug-likeness (QED) is 0.897. The van der Waals surface area contributed by atoms with Gasteiger partial charge in [-0.05, 0) is 43.0 Å². The Hall–Kier alpha value is -1.45. The Kier molecular flexibility index (Phi) is 2.57. The highest BCUT2D eigenvalue weighted by molar-refractivity contribution is 5.79. The number of nitrogens with zero attached hydrogens (tertiary/aromatic N) is 1. The molecule has 0 radical (unpaired) electrons. The molecule has 19 heavy (non-hydrogen) atoms. The molecule has 0 aliphatic carbocycles. The molecule has 1 aromatic carbocycles. The van der Waals surface area contributed by atoms with Crippen molar-refractivity contribution in [2.75, 3.05) is 0 Å². The molecule has 0 amide bonds. The minimum absolute atomic E-state index is 0.254. The van der Waals surface area contributed by atoms with Crippen molar-refractivity contribution in [2.24, 2.45) is 5.92 Å². The van der Waals surface area contributed by atoms with Crippen molar-refractivity contribution in [3.8, 4) is 0 Å². The summed E-state index contributed by atoms with van der Waals surface area (Å²) in [4.78, 5) is 4.31. The predicted molar refractivity (Wildman–Crippen MR) is 72.7 cm³/mol. The van der Waals surface area contributed by atoms with Crippen LogP contribution in [0.25, 0.3) is 10.9 Å². The molecule has 3 heteroatoms. The molecule has 2 aliphatic heterocycles. The maximum absolute atomic E-state index is 10.6.